The number of benzene rings is 2. The van der Waals surface area contributed by atoms with Crippen LogP contribution in [0, 0.1) is 6.07 Å². The Morgan fingerprint density at radius 1 is 1.00 bits per heavy atom. The molecule has 0 atom stereocenters. The molecule has 123 valence electrons. The Kier molecular flexibility index (Phi) is 3.58. The normalized spacial score (nSPS) is 11.7. The first-order valence-electron chi connectivity index (χ1n) is 7.51. The van der Waals surface area contributed by atoms with Gasteiger partial charge in [-0.2, -0.15) is 9.78 Å². The van der Waals surface area contributed by atoms with E-state index in [2.05, 4.69) is 21.1 Å². The van der Waals surface area contributed by atoms with Crippen LogP contribution >= 0.6 is 0 Å². The van der Waals surface area contributed by atoms with Crippen LogP contribution in [0.3, 0.4) is 0 Å². The van der Waals surface area contributed by atoms with Crippen molar-refractivity contribution >= 4 is 20.7 Å². The number of hydrogen-bond acceptors (Lipinski definition) is 5. The average molecular weight is 349 g/mol. The van der Waals surface area contributed by atoms with Crippen molar-refractivity contribution in [2.24, 2.45) is 0 Å². The van der Waals surface area contributed by atoms with Gasteiger partial charge < -0.3 is 0 Å². The van der Waals surface area contributed by atoms with E-state index < -0.39 is 9.84 Å². The standard InChI is InChI=1S/C18H13N4O2S/c1-25(23,24)17-15-9-5-6-10-16(15)22(21-17)18-19-11-14(12-20-18)13-7-3-2-4-8-13/h2-5,7-12H,1H3. The lowest BCUT2D eigenvalue weighted by atomic mass is 10.1. The van der Waals surface area contributed by atoms with E-state index >= 15 is 0 Å². The van der Waals surface area contributed by atoms with E-state index in [1.807, 2.05) is 30.3 Å². The number of fused-ring (bicyclic) bond motifs is 1. The molecule has 0 N–H and O–H groups in total. The zero-order valence-electron chi connectivity index (χ0n) is 13.3. The topological polar surface area (TPSA) is 77.7 Å². The summed E-state index contributed by atoms with van der Waals surface area (Å²) in [5, 5.41) is 4.75. The van der Waals surface area contributed by atoms with E-state index in [1.165, 1.54) is 4.68 Å². The lowest BCUT2D eigenvalue weighted by Crippen LogP contribution is -2.05. The van der Waals surface area contributed by atoms with E-state index in [0.29, 0.717) is 16.9 Å². The Bertz CT molecular complexity index is 1150. The summed E-state index contributed by atoms with van der Waals surface area (Å²) in [6, 6.07) is 17.7. The van der Waals surface area contributed by atoms with Crippen molar-refractivity contribution < 1.29 is 8.42 Å². The molecule has 1 radical (unpaired) electrons. The maximum Gasteiger partial charge on any atom is 0.251 e. The third-order valence-electron chi connectivity index (χ3n) is 3.78. The van der Waals surface area contributed by atoms with Crippen LogP contribution in [-0.2, 0) is 9.84 Å². The Balaban J connectivity index is 1.86. The highest BCUT2D eigenvalue weighted by molar-refractivity contribution is 7.90. The van der Waals surface area contributed by atoms with E-state index in [9.17, 15) is 8.42 Å². The number of hydrogen-bond donors (Lipinski definition) is 0. The van der Waals surface area contributed by atoms with Gasteiger partial charge in [0.15, 0.2) is 14.9 Å². The summed E-state index contributed by atoms with van der Waals surface area (Å²) in [4.78, 5) is 8.70. The fourth-order valence-corrected chi connectivity index (χ4v) is 3.41. The Morgan fingerprint density at radius 3 is 2.40 bits per heavy atom. The minimum absolute atomic E-state index is 0.00670. The summed E-state index contributed by atoms with van der Waals surface area (Å²) >= 11 is 0. The summed E-state index contributed by atoms with van der Waals surface area (Å²) in [7, 11) is -3.47. The van der Waals surface area contributed by atoms with Crippen LogP contribution < -0.4 is 0 Å². The summed E-state index contributed by atoms with van der Waals surface area (Å²) < 4.78 is 25.4. The number of nitrogens with zero attached hydrogens (tertiary/aromatic N) is 4. The zero-order chi connectivity index (χ0) is 17.4. The Labute approximate surface area is 144 Å². The first-order valence-corrected chi connectivity index (χ1v) is 9.40. The van der Waals surface area contributed by atoms with E-state index in [1.54, 1.807) is 30.6 Å². The molecule has 2 aromatic carbocycles. The van der Waals surface area contributed by atoms with Crippen LogP contribution in [0.25, 0.3) is 28.0 Å². The van der Waals surface area contributed by atoms with Gasteiger partial charge in [0.05, 0.1) is 5.52 Å². The second-order valence-electron chi connectivity index (χ2n) is 5.57. The van der Waals surface area contributed by atoms with Crippen molar-refractivity contribution in [1.29, 1.82) is 0 Å². The molecule has 0 aliphatic carbocycles. The molecule has 2 aromatic heterocycles. The lowest BCUT2D eigenvalue weighted by Gasteiger charge is -2.03. The van der Waals surface area contributed by atoms with Gasteiger partial charge in [-0.15, -0.1) is 0 Å². The van der Waals surface area contributed by atoms with Gasteiger partial charge in [-0.25, -0.2) is 18.4 Å². The Morgan fingerprint density at radius 2 is 1.72 bits per heavy atom. The van der Waals surface area contributed by atoms with Crippen LogP contribution in [0.1, 0.15) is 0 Å². The molecule has 4 aromatic rings. The second-order valence-corrected chi connectivity index (χ2v) is 7.50. The van der Waals surface area contributed by atoms with E-state index in [4.69, 9.17) is 0 Å². The van der Waals surface area contributed by atoms with Gasteiger partial charge in [-0.1, -0.05) is 36.4 Å². The van der Waals surface area contributed by atoms with Crippen molar-refractivity contribution in [2.45, 2.75) is 5.03 Å². The molecule has 0 saturated heterocycles. The molecule has 6 nitrogen and oxygen atoms in total. The monoisotopic (exact) mass is 349 g/mol. The van der Waals surface area contributed by atoms with Crippen molar-refractivity contribution in [3.8, 4) is 17.1 Å². The Hall–Kier alpha value is -3.06. The third-order valence-corrected chi connectivity index (χ3v) is 4.78. The first-order chi connectivity index (χ1) is 12.0. The van der Waals surface area contributed by atoms with Crippen LogP contribution in [0.2, 0.25) is 0 Å². The molecule has 0 aliphatic rings. The molecule has 0 amide bonds. The predicted octanol–water partition coefficient (Wildman–Crippen LogP) is 2.69. The summed E-state index contributed by atoms with van der Waals surface area (Å²) in [5.74, 6) is 0.305. The van der Waals surface area contributed by atoms with Crippen LogP contribution in [-0.4, -0.2) is 34.4 Å². The molecule has 0 bridgehead atoms. The number of aromatic nitrogens is 4. The van der Waals surface area contributed by atoms with Crippen LogP contribution in [0.5, 0.6) is 0 Å². The summed E-state index contributed by atoms with van der Waals surface area (Å²) in [5.41, 5.74) is 2.47. The molecule has 4 rings (SSSR count). The molecule has 7 heteroatoms. The summed E-state index contributed by atoms with van der Waals surface area (Å²) in [6.45, 7) is 0. The third kappa shape index (κ3) is 2.78. The second kappa shape index (κ2) is 5.78. The first kappa shape index (κ1) is 15.5. The molecule has 25 heavy (non-hydrogen) atoms. The van der Waals surface area contributed by atoms with Crippen molar-refractivity contribution in [2.75, 3.05) is 6.26 Å². The van der Waals surface area contributed by atoms with Gasteiger partial charge in [0.1, 0.15) is 0 Å². The zero-order valence-corrected chi connectivity index (χ0v) is 14.1. The highest BCUT2D eigenvalue weighted by Crippen LogP contribution is 2.24. The SMILES string of the molecule is CS(=O)(=O)c1nn(-c2ncc(-c3ccccc3)cn2)c2c[c]ccc12. The highest BCUT2D eigenvalue weighted by atomic mass is 32.2. The predicted molar refractivity (Wildman–Crippen MR) is 94.0 cm³/mol. The minimum atomic E-state index is -3.47. The summed E-state index contributed by atoms with van der Waals surface area (Å²) in [6.07, 6.45) is 4.52. The molecular formula is C18H13N4O2S. The minimum Gasteiger partial charge on any atom is -0.222 e. The number of rotatable bonds is 3. The van der Waals surface area contributed by atoms with Crippen LogP contribution in [0.4, 0.5) is 0 Å². The van der Waals surface area contributed by atoms with Crippen molar-refractivity contribution in [3.05, 3.63) is 67.0 Å². The fraction of sp³-hybridized carbons (Fsp3) is 0.0556. The lowest BCUT2D eigenvalue weighted by molar-refractivity contribution is 0.596. The quantitative estimate of drug-likeness (QED) is 0.568. The highest BCUT2D eigenvalue weighted by Gasteiger charge is 2.20. The largest absolute Gasteiger partial charge is 0.251 e. The van der Waals surface area contributed by atoms with Gasteiger partial charge in [0.2, 0.25) is 0 Å². The molecule has 0 saturated carbocycles. The van der Waals surface area contributed by atoms with Gasteiger partial charge in [-0.05, 0) is 23.8 Å². The molecule has 0 aliphatic heterocycles. The number of sulfone groups is 1. The van der Waals surface area contributed by atoms with Gasteiger partial charge >= 0.3 is 0 Å². The van der Waals surface area contributed by atoms with Gasteiger partial charge in [0, 0.05) is 29.6 Å². The van der Waals surface area contributed by atoms with Crippen LogP contribution in [0.15, 0.2) is 66.0 Å². The average Bonchev–Trinajstić information content (AvgIpc) is 3.03. The molecule has 0 unspecified atom stereocenters. The van der Waals surface area contributed by atoms with Gasteiger partial charge in [0.25, 0.3) is 5.95 Å². The smallest absolute Gasteiger partial charge is 0.222 e. The van der Waals surface area contributed by atoms with Crippen molar-refractivity contribution in [1.82, 2.24) is 19.7 Å². The molecule has 0 fully saturated rings. The maximum absolute atomic E-state index is 12.0. The van der Waals surface area contributed by atoms with E-state index in [0.717, 1.165) is 17.4 Å². The van der Waals surface area contributed by atoms with E-state index in [-0.39, 0.29) is 5.03 Å². The van der Waals surface area contributed by atoms with Gasteiger partial charge in [-0.3, -0.25) is 0 Å². The molecular weight excluding hydrogens is 336 g/mol. The molecule has 0 spiro atoms. The molecule has 2 heterocycles. The van der Waals surface area contributed by atoms with Crippen molar-refractivity contribution in [3.63, 3.8) is 0 Å². The fourth-order valence-electron chi connectivity index (χ4n) is 2.61. The maximum atomic E-state index is 12.0.